The van der Waals surface area contributed by atoms with Gasteiger partial charge in [-0.05, 0) is 59.9 Å². The van der Waals surface area contributed by atoms with Gasteiger partial charge in [-0.25, -0.2) is 8.78 Å². The molecule has 0 unspecified atom stereocenters. The number of ether oxygens (including phenoxy) is 3. The molecule has 1 fully saturated rings. The molecular weight excluding hydrogens is 491 g/mol. The molecule has 3 aromatic rings. The first-order chi connectivity index (χ1) is 17.7. The zero-order valence-corrected chi connectivity index (χ0v) is 20.8. The van der Waals surface area contributed by atoms with Crippen molar-refractivity contribution in [3.05, 3.63) is 82.4 Å². The Morgan fingerprint density at radius 3 is 2.32 bits per heavy atom. The number of fused-ring (bicyclic) bond motifs is 1. The van der Waals surface area contributed by atoms with E-state index in [1.807, 2.05) is 18.2 Å². The minimum Gasteiger partial charge on any atom is -0.373 e. The molecule has 0 spiro atoms. The zero-order chi connectivity index (χ0) is 26.4. The van der Waals surface area contributed by atoms with Gasteiger partial charge in [-0.1, -0.05) is 49.7 Å². The van der Waals surface area contributed by atoms with Crippen molar-refractivity contribution in [3.8, 4) is 0 Å². The van der Waals surface area contributed by atoms with Gasteiger partial charge in [0.25, 0.3) is 0 Å². The van der Waals surface area contributed by atoms with E-state index in [2.05, 4.69) is 6.92 Å². The van der Waals surface area contributed by atoms with Crippen LogP contribution in [0.5, 0.6) is 0 Å². The molecule has 0 radical (unpaired) electrons. The third kappa shape index (κ3) is 7.27. The van der Waals surface area contributed by atoms with Gasteiger partial charge in [0.2, 0.25) is 0 Å². The summed E-state index contributed by atoms with van der Waals surface area (Å²) in [7, 11) is 0. The van der Waals surface area contributed by atoms with Crippen LogP contribution in [0.3, 0.4) is 0 Å². The molecule has 0 aromatic heterocycles. The summed E-state index contributed by atoms with van der Waals surface area (Å²) in [4.78, 5) is 0. The zero-order valence-electron chi connectivity index (χ0n) is 20.8. The van der Waals surface area contributed by atoms with Crippen LogP contribution >= 0.6 is 0 Å². The van der Waals surface area contributed by atoms with Gasteiger partial charge in [0.05, 0.1) is 18.8 Å². The van der Waals surface area contributed by atoms with Gasteiger partial charge in [0, 0.05) is 18.4 Å². The predicted molar refractivity (Wildman–Crippen MR) is 131 cm³/mol. The molecule has 1 aliphatic heterocycles. The minimum absolute atomic E-state index is 0.0288. The van der Waals surface area contributed by atoms with Crippen LogP contribution < -0.4 is 0 Å². The summed E-state index contributed by atoms with van der Waals surface area (Å²) in [6, 6.07) is 11.9. The largest absolute Gasteiger partial charge is 0.419 e. The van der Waals surface area contributed by atoms with Crippen molar-refractivity contribution in [2.24, 2.45) is 0 Å². The number of alkyl halides is 3. The number of halogens is 5. The molecule has 3 aromatic carbocycles. The van der Waals surface area contributed by atoms with Gasteiger partial charge in [0.1, 0.15) is 17.7 Å². The van der Waals surface area contributed by atoms with Crippen molar-refractivity contribution in [1.29, 1.82) is 0 Å². The molecule has 200 valence electrons. The third-order valence-electron chi connectivity index (χ3n) is 6.58. The highest BCUT2D eigenvalue weighted by atomic mass is 19.4. The second-order valence-corrected chi connectivity index (χ2v) is 9.39. The maximum Gasteiger partial charge on any atom is 0.419 e. The number of hydrogen-bond donors (Lipinski definition) is 0. The molecule has 0 amide bonds. The van der Waals surface area contributed by atoms with Crippen molar-refractivity contribution >= 4 is 10.8 Å². The van der Waals surface area contributed by atoms with Gasteiger partial charge >= 0.3 is 6.18 Å². The van der Waals surface area contributed by atoms with E-state index in [4.69, 9.17) is 14.2 Å². The summed E-state index contributed by atoms with van der Waals surface area (Å²) < 4.78 is 84.5. The molecule has 37 heavy (non-hydrogen) atoms. The van der Waals surface area contributed by atoms with Crippen LogP contribution in [0.4, 0.5) is 22.0 Å². The second kappa shape index (κ2) is 12.3. The Morgan fingerprint density at radius 2 is 1.62 bits per heavy atom. The highest BCUT2D eigenvalue weighted by Gasteiger charge is 2.33. The Labute approximate surface area is 213 Å². The van der Waals surface area contributed by atoms with Crippen LogP contribution in [0.15, 0.2) is 48.5 Å². The van der Waals surface area contributed by atoms with E-state index in [9.17, 15) is 17.6 Å². The van der Waals surface area contributed by atoms with Crippen molar-refractivity contribution < 1.29 is 36.2 Å². The number of benzene rings is 3. The lowest BCUT2D eigenvalue weighted by Crippen LogP contribution is -2.37. The second-order valence-electron chi connectivity index (χ2n) is 9.39. The molecule has 0 aliphatic carbocycles. The average molecular weight is 523 g/mol. The normalized spacial score (nSPS) is 18.4. The van der Waals surface area contributed by atoms with Gasteiger partial charge in [-0.3, -0.25) is 0 Å². The molecule has 0 saturated carbocycles. The van der Waals surface area contributed by atoms with E-state index in [0.29, 0.717) is 49.2 Å². The Bertz CT molecular complexity index is 1190. The van der Waals surface area contributed by atoms with E-state index in [-0.39, 0.29) is 31.1 Å². The summed E-state index contributed by atoms with van der Waals surface area (Å²) in [6.07, 6.45) is -1.11. The lowest BCUT2D eigenvalue weighted by molar-refractivity contribution is -0.227. The molecule has 1 saturated heterocycles. The molecule has 0 atom stereocenters. The Kier molecular flexibility index (Phi) is 9.16. The fourth-order valence-electron chi connectivity index (χ4n) is 4.43. The monoisotopic (exact) mass is 522 g/mol. The topological polar surface area (TPSA) is 27.7 Å². The van der Waals surface area contributed by atoms with Crippen LogP contribution in [0.25, 0.3) is 10.8 Å². The molecule has 0 N–H and O–H groups in total. The lowest BCUT2D eigenvalue weighted by Gasteiger charge is -2.29. The molecule has 8 heteroatoms. The maximum absolute atomic E-state index is 15.2. The van der Waals surface area contributed by atoms with Crippen molar-refractivity contribution in [2.45, 2.75) is 64.0 Å². The number of hydrogen-bond acceptors (Lipinski definition) is 3. The SMILES string of the molecule is CCCCOC1COC(CCc2ccc3c(F)c(CCc4ccc(C(F)(F)F)c(F)c4)ccc3c2)OC1. The van der Waals surface area contributed by atoms with Gasteiger partial charge < -0.3 is 14.2 Å². The molecule has 1 aliphatic rings. The number of unbranched alkanes of at least 4 members (excludes halogenated alkanes) is 1. The Balaban J connectivity index is 1.32. The summed E-state index contributed by atoms with van der Waals surface area (Å²) in [5.74, 6) is -1.69. The highest BCUT2D eigenvalue weighted by Crippen LogP contribution is 2.32. The molecule has 0 bridgehead atoms. The van der Waals surface area contributed by atoms with E-state index in [1.54, 1.807) is 12.1 Å². The minimum atomic E-state index is -4.74. The average Bonchev–Trinajstić information content (AvgIpc) is 2.87. The smallest absolute Gasteiger partial charge is 0.373 e. The highest BCUT2D eigenvalue weighted by molar-refractivity contribution is 5.84. The van der Waals surface area contributed by atoms with Crippen LogP contribution in [-0.2, 0) is 39.6 Å². The van der Waals surface area contributed by atoms with E-state index in [1.165, 1.54) is 6.07 Å². The molecule has 1 heterocycles. The van der Waals surface area contributed by atoms with E-state index < -0.39 is 17.6 Å². The Hall–Kier alpha value is -2.55. The molecule has 4 rings (SSSR count). The first kappa shape index (κ1) is 27.5. The van der Waals surface area contributed by atoms with Crippen LogP contribution in [0.1, 0.15) is 48.4 Å². The van der Waals surface area contributed by atoms with Crippen molar-refractivity contribution in [3.63, 3.8) is 0 Å². The summed E-state index contributed by atoms with van der Waals surface area (Å²) in [5, 5.41) is 1.23. The van der Waals surface area contributed by atoms with Crippen LogP contribution in [0, 0.1) is 11.6 Å². The van der Waals surface area contributed by atoms with Crippen LogP contribution in [-0.4, -0.2) is 32.2 Å². The van der Waals surface area contributed by atoms with Crippen molar-refractivity contribution in [2.75, 3.05) is 19.8 Å². The molecule has 3 nitrogen and oxygen atoms in total. The summed E-state index contributed by atoms with van der Waals surface area (Å²) >= 11 is 0. The van der Waals surface area contributed by atoms with Gasteiger partial charge in [-0.2, -0.15) is 13.2 Å². The summed E-state index contributed by atoms with van der Waals surface area (Å²) in [6.45, 7) is 3.85. The fourth-order valence-corrected chi connectivity index (χ4v) is 4.43. The fraction of sp³-hybridized carbons (Fsp3) is 0.448. The number of aryl methyl sites for hydroxylation is 3. The van der Waals surface area contributed by atoms with Gasteiger partial charge in [-0.15, -0.1) is 0 Å². The lowest BCUT2D eigenvalue weighted by atomic mass is 9.97. The Morgan fingerprint density at radius 1 is 0.892 bits per heavy atom. The van der Waals surface area contributed by atoms with E-state index >= 15 is 4.39 Å². The van der Waals surface area contributed by atoms with Crippen LogP contribution in [0.2, 0.25) is 0 Å². The first-order valence-corrected chi connectivity index (χ1v) is 12.6. The standard InChI is InChI=1S/C29H31F5O3/c1-2-3-14-35-23-17-36-27(37-18-23)13-7-19-5-11-24-22(15-19)10-9-21(28(24)31)8-4-20-6-12-25(26(30)16-20)29(32,33)34/h5-6,9-12,15-16,23,27H,2-4,7-8,13-14,17-18H2,1H3. The number of rotatable bonds is 10. The van der Waals surface area contributed by atoms with Crippen molar-refractivity contribution in [1.82, 2.24) is 0 Å². The quantitative estimate of drug-likeness (QED) is 0.205. The van der Waals surface area contributed by atoms with E-state index in [0.717, 1.165) is 35.9 Å². The van der Waals surface area contributed by atoms with Gasteiger partial charge in [0.15, 0.2) is 6.29 Å². The third-order valence-corrected chi connectivity index (χ3v) is 6.58. The maximum atomic E-state index is 15.2. The predicted octanol–water partition coefficient (Wildman–Crippen LogP) is 7.41. The first-order valence-electron chi connectivity index (χ1n) is 12.6. The summed E-state index contributed by atoms with van der Waals surface area (Å²) in [5.41, 5.74) is 0.547. The molecular formula is C29H31F5O3.